The highest BCUT2D eigenvalue weighted by atomic mass is 32.2. The number of rotatable bonds is 5. The molecule has 10 heteroatoms. The van der Waals surface area contributed by atoms with Crippen LogP contribution in [0.25, 0.3) is 6.08 Å². The summed E-state index contributed by atoms with van der Waals surface area (Å²) in [5, 5.41) is 10.5. The van der Waals surface area contributed by atoms with E-state index in [2.05, 4.69) is 4.98 Å². The number of aryl methyl sites for hydroxylation is 1. The van der Waals surface area contributed by atoms with Crippen LogP contribution in [0.4, 0.5) is 10.6 Å². The predicted molar refractivity (Wildman–Crippen MR) is 85.0 cm³/mol. The minimum atomic E-state index is -0.551. The van der Waals surface area contributed by atoms with Gasteiger partial charge in [0, 0.05) is 13.0 Å². The van der Waals surface area contributed by atoms with E-state index in [1.807, 2.05) is 0 Å². The molecule has 1 aliphatic rings. The number of carbonyl (C=O) groups is 2. The van der Waals surface area contributed by atoms with Crippen molar-refractivity contribution in [1.29, 1.82) is 0 Å². The molecular weight excluding hydrogens is 336 g/mol. The van der Waals surface area contributed by atoms with Crippen LogP contribution in [0.3, 0.4) is 0 Å². The SMILES string of the molecule is Cc1ncc([N+](=O)[O-])n1CCN1C(=O)S/C(=C/c2ccco2)C1=O. The summed E-state index contributed by atoms with van der Waals surface area (Å²) < 4.78 is 6.49. The number of amides is 2. The topological polar surface area (TPSA) is 111 Å². The minimum Gasteiger partial charge on any atom is -0.465 e. The normalized spacial score (nSPS) is 16.4. The fraction of sp³-hybridized carbons (Fsp3) is 0.214. The molecule has 0 bridgehead atoms. The zero-order chi connectivity index (χ0) is 17.3. The standard InChI is InChI=1S/C14H12N4O5S/c1-9-15-8-12(18(21)22)16(9)4-5-17-13(19)11(24-14(17)20)7-10-3-2-6-23-10/h2-3,6-8H,4-5H2,1H3/b11-7+. The van der Waals surface area contributed by atoms with Crippen molar-refractivity contribution in [2.24, 2.45) is 0 Å². The van der Waals surface area contributed by atoms with Gasteiger partial charge in [0.25, 0.3) is 11.1 Å². The summed E-state index contributed by atoms with van der Waals surface area (Å²) in [6.07, 6.45) is 4.12. The Morgan fingerprint density at radius 1 is 1.42 bits per heavy atom. The molecule has 124 valence electrons. The van der Waals surface area contributed by atoms with E-state index in [1.165, 1.54) is 16.9 Å². The number of imidazole rings is 1. The molecule has 0 N–H and O–H groups in total. The second kappa shape index (κ2) is 6.32. The van der Waals surface area contributed by atoms with Crippen molar-refractivity contribution in [3.63, 3.8) is 0 Å². The molecule has 2 aromatic heterocycles. The number of nitrogens with zero attached hydrogens (tertiary/aromatic N) is 4. The number of carbonyl (C=O) groups excluding carboxylic acids is 2. The van der Waals surface area contributed by atoms with Gasteiger partial charge in [-0.1, -0.05) is 0 Å². The fourth-order valence-electron chi connectivity index (χ4n) is 2.27. The van der Waals surface area contributed by atoms with E-state index in [4.69, 9.17) is 4.42 Å². The molecule has 2 aromatic rings. The average Bonchev–Trinajstić information content (AvgIpc) is 3.21. The van der Waals surface area contributed by atoms with Crippen molar-refractivity contribution < 1.29 is 18.9 Å². The quantitative estimate of drug-likeness (QED) is 0.463. The molecule has 1 aliphatic heterocycles. The number of hydrogen-bond acceptors (Lipinski definition) is 7. The van der Waals surface area contributed by atoms with Crippen molar-refractivity contribution in [2.45, 2.75) is 13.5 Å². The van der Waals surface area contributed by atoms with Gasteiger partial charge in [0.2, 0.25) is 0 Å². The minimum absolute atomic E-state index is 0.0260. The Morgan fingerprint density at radius 3 is 2.88 bits per heavy atom. The number of furan rings is 1. The smallest absolute Gasteiger partial charge is 0.342 e. The monoisotopic (exact) mass is 348 g/mol. The Kier molecular flexibility index (Phi) is 4.21. The van der Waals surface area contributed by atoms with E-state index in [0.717, 1.165) is 22.9 Å². The highest BCUT2D eigenvalue weighted by Gasteiger charge is 2.35. The maximum absolute atomic E-state index is 12.3. The van der Waals surface area contributed by atoms with Crippen LogP contribution in [-0.2, 0) is 11.3 Å². The highest BCUT2D eigenvalue weighted by Crippen LogP contribution is 2.32. The molecule has 0 saturated carbocycles. The summed E-state index contributed by atoms with van der Waals surface area (Å²) in [6, 6.07) is 3.35. The first-order valence-electron chi connectivity index (χ1n) is 6.93. The maximum Gasteiger partial charge on any atom is 0.342 e. The van der Waals surface area contributed by atoms with E-state index in [-0.39, 0.29) is 23.8 Å². The van der Waals surface area contributed by atoms with Gasteiger partial charge >= 0.3 is 5.82 Å². The summed E-state index contributed by atoms with van der Waals surface area (Å²) in [5.74, 6) is 0.300. The number of hydrogen-bond donors (Lipinski definition) is 0. The van der Waals surface area contributed by atoms with Gasteiger partial charge in [0.15, 0.2) is 5.82 Å². The Bertz CT molecular complexity index is 839. The molecule has 9 nitrogen and oxygen atoms in total. The van der Waals surface area contributed by atoms with Crippen LogP contribution < -0.4 is 0 Å². The summed E-state index contributed by atoms with van der Waals surface area (Å²) in [5.41, 5.74) is 0. The number of nitro groups is 1. The summed E-state index contributed by atoms with van der Waals surface area (Å²) in [7, 11) is 0. The third-order valence-corrected chi connectivity index (χ3v) is 4.37. The van der Waals surface area contributed by atoms with Gasteiger partial charge in [-0.05, 0) is 28.8 Å². The van der Waals surface area contributed by atoms with Gasteiger partial charge in [-0.3, -0.25) is 14.5 Å². The molecule has 1 fully saturated rings. The highest BCUT2D eigenvalue weighted by molar-refractivity contribution is 8.18. The van der Waals surface area contributed by atoms with Gasteiger partial charge in [-0.15, -0.1) is 0 Å². The van der Waals surface area contributed by atoms with Crippen LogP contribution in [0, 0.1) is 17.0 Å². The summed E-state index contributed by atoms with van der Waals surface area (Å²) in [6.45, 7) is 1.75. The lowest BCUT2D eigenvalue weighted by Crippen LogP contribution is -2.31. The van der Waals surface area contributed by atoms with E-state index < -0.39 is 16.1 Å². The Hall–Kier alpha value is -2.88. The lowest BCUT2D eigenvalue weighted by Gasteiger charge is -2.11. The van der Waals surface area contributed by atoms with Crippen LogP contribution in [0.1, 0.15) is 11.6 Å². The second-order valence-corrected chi connectivity index (χ2v) is 5.91. The first-order valence-corrected chi connectivity index (χ1v) is 7.74. The number of thioether (sulfide) groups is 1. The van der Waals surface area contributed by atoms with Crippen molar-refractivity contribution >= 4 is 34.8 Å². The fourth-order valence-corrected chi connectivity index (χ4v) is 3.12. The van der Waals surface area contributed by atoms with Crippen molar-refractivity contribution in [3.05, 3.63) is 51.2 Å². The second-order valence-electron chi connectivity index (χ2n) is 4.92. The molecule has 0 aliphatic carbocycles. The molecule has 2 amide bonds. The van der Waals surface area contributed by atoms with Gasteiger partial charge in [0.1, 0.15) is 18.5 Å². The van der Waals surface area contributed by atoms with Crippen LogP contribution in [0.5, 0.6) is 0 Å². The first-order chi connectivity index (χ1) is 11.5. The van der Waals surface area contributed by atoms with E-state index in [9.17, 15) is 19.7 Å². The molecule has 0 spiro atoms. The molecule has 1 saturated heterocycles. The van der Waals surface area contributed by atoms with Crippen molar-refractivity contribution in [2.75, 3.05) is 6.54 Å². The molecule has 3 rings (SSSR count). The Morgan fingerprint density at radius 2 is 2.21 bits per heavy atom. The molecule has 0 radical (unpaired) electrons. The molecule has 0 atom stereocenters. The van der Waals surface area contributed by atoms with E-state index in [1.54, 1.807) is 19.1 Å². The number of aromatic nitrogens is 2. The third kappa shape index (κ3) is 2.95. The van der Waals surface area contributed by atoms with Crippen LogP contribution in [0.2, 0.25) is 0 Å². The zero-order valence-corrected chi connectivity index (χ0v) is 13.4. The Labute approximate surface area is 140 Å². The Balaban J connectivity index is 1.74. The van der Waals surface area contributed by atoms with Crippen molar-refractivity contribution in [1.82, 2.24) is 14.5 Å². The van der Waals surface area contributed by atoms with E-state index >= 15 is 0 Å². The van der Waals surface area contributed by atoms with Gasteiger partial charge in [0.05, 0.1) is 17.7 Å². The molecular formula is C14H12N4O5S. The number of imide groups is 1. The van der Waals surface area contributed by atoms with Gasteiger partial charge in [-0.25, -0.2) is 9.55 Å². The predicted octanol–water partition coefficient (Wildman–Crippen LogP) is 2.43. The third-order valence-electron chi connectivity index (χ3n) is 3.46. The van der Waals surface area contributed by atoms with Crippen LogP contribution >= 0.6 is 11.8 Å². The summed E-state index contributed by atoms with van der Waals surface area (Å²) >= 11 is 0.812. The largest absolute Gasteiger partial charge is 0.465 e. The van der Waals surface area contributed by atoms with E-state index in [0.29, 0.717) is 11.6 Å². The van der Waals surface area contributed by atoms with Crippen LogP contribution in [0.15, 0.2) is 33.9 Å². The molecule has 0 unspecified atom stereocenters. The van der Waals surface area contributed by atoms with Gasteiger partial charge < -0.3 is 14.5 Å². The first kappa shape index (κ1) is 16.0. The summed E-state index contributed by atoms with van der Waals surface area (Å²) in [4.78, 5) is 40.0. The lowest BCUT2D eigenvalue weighted by molar-refractivity contribution is -0.392. The van der Waals surface area contributed by atoms with Crippen LogP contribution in [-0.4, -0.2) is 37.1 Å². The molecule has 24 heavy (non-hydrogen) atoms. The lowest BCUT2D eigenvalue weighted by atomic mass is 10.3. The van der Waals surface area contributed by atoms with Crippen molar-refractivity contribution in [3.8, 4) is 0 Å². The molecule has 0 aromatic carbocycles. The zero-order valence-electron chi connectivity index (χ0n) is 12.5. The van der Waals surface area contributed by atoms with Gasteiger partial charge in [-0.2, -0.15) is 0 Å². The maximum atomic E-state index is 12.3. The average molecular weight is 348 g/mol. The molecule has 3 heterocycles.